The highest BCUT2D eigenvalue weighted by Gasteiger charge is 2.45. The molecular weight excluding hydrogens is 364 g/mol. The van der Waals surface area contributed by atoms with E-state index < -0.39 is 20.0 Å². The van der Waals surface area contributed by atoms with Crippen LogP contribution in [0.1, 0.15) is 25.7 Å². The zero-order valence-corrected chi connectivity index (χ0v) is 15.8. The van der Waals surface area contributed by atoms with Gasteiger partial charge in [-0.05, 0) is 37.8 Å². The Morgan fingerprint density at radius 3 is 2.24 bits per heavy atom. The Hall–Kier alpha value is -1.16. The molecule has 1 N–H and O–H groups in total. The Bertz CT molecular complexity index is 781. The summed E-state index contributed by atoms with van der Waals surface area (Å²) in [4.78, 5) is 0. The Balaban J connectivity index is 1.52. The maximum atomic E-state index is 12.3. The quantitative estimate of drug-likeness (QED) is 0.750. The highest BCUT2D eigenvalue weighted by Crippen LogP contribution is 2.37. The molecule has 0 radical (unpaired) electrons. The third-order valence-electron chi connectivity index (χ3n) is 4.76. The van der Waals surface area contributed by atoms with Crippen LogP contribution in [0.15, 0.2) is 30.3 Å². The number of para-hydroxylation sites is 1. The lowest BCUT2D eigenvalue weighted by molar-refractivity contribution is 0.220. The van der Waals surface area contributed by atoms with E-state index in [1.54, 1.807) is 16.4 Å². The summed E-state index contributed by atoms with van der Waals surface area (Å²) in [5.41, 5.74) is 0. The first-order valence-corrected chi connectivity index (χ1v) is 11.9. The van der Waals surface area contributed by atoms with Crippen LogP contribution in [0.5, 0.6) is 5.75 Å². The van der Waals surface area contributed by atoms with Crippen LogP contribution in [0.3, 0.4) is 0 Å². The Kier molecular flexibility index (Phi) is 5.38. The molecule has 2 heterocycles. The Morgan fingerprint density at radius 1 is 1.08 bits per heavy atom. The van der Waals surface area contributed by atoms with E-state index in [4.69, 9.17) is 4.74 Å². The first kappa shape index (κ1) is 18.6. The van der Waals surface area contributed by atoms with Crippen LogP contribution in [0.4, 0.5) is 0 Å². The van der Waals surface area contributed by atoms with Gasteiger partial charge in [-0.25, -0.2) is 21.6 Å². The van der Waals surface area contributed by atoms with Gasteiger partial charge in [-0.15, -0.1) is 0 Å². The van der Waals surface area contributed by atoms with E-state index in [2.05, 4.69) is 4.72 Å². The van der Waals surface area contributed by atoms with Gasteiger partial charge in [0.25, 0.3) is 0 Å². The number of hydrogen-bond acceptors (Lipinski definition) is 5. The van der Waals surface area contributed by atoms with E-state index in [1.807, 2.05) is 18.2 Å². The van der Waals surface area contributed by atoms with Gasteiger partial charge >= 0.3 is 0 Å². The molecule has 2 bridgehead atoms. The minimum absolute atomic E-state index is 0.0778. The topological polar surface area (TPSA) is 92.8 Å². The van der Waals surface area contributed by atoms with Crippen molar-refractivity contribution in [2.45, 2.75) is 43.8 Å². The lowest BCUT2D eigenvalue weighted by Crippen LogP contribution is -2.52. The number of rotatable bonds is 7. The molecule has 1 aromatic carbocycles. The molecule has 2 atom stereocenters. The van der Waals surface area contributed by atoms with E-state index in [1.165, 1.54) is 6.26 Å². The third kappa shape index (κ3) is 4.72. The van der Waals surface area contributed by atoms with Crippen LogP contribution >= 0.6 is 0 Å². The van der Waals surface area contributed by atoms with E-state index >= 15 is 0 Å². The summed E-state index contributed by atoms with van der Waals surface area (Å²) in [6.07, 6.45) is 3.88. The number of piperidine rings is 1. The third-order valence-corrected chi connectivity index (χ3v) is 7.52. The van der Waals surface area contributed by atoms with Gasteiger partial charge in [0, 0.05) is 18.1 Å². The largest absolute Gasteiger partial charge is 0.492 e. The molecule has 25 heavy (non-hydrogen) atoms. The van der Waals surface area contributed by atoms with Crippen molar-refractivity contribution in [1.29, 1.82) is 0 Å². The predicted molar refractivity (Wildman–Crippen MR) is 95.4 cm³/mol. The normalized spacial score (nSPS) is 27.3. The summed E-state index contributed by atoms with van der Waals surface area (Å²) < 4.78 is 58.1. The van der Waals surface area contributed by atoms with Gasteiger partial charge in [0.15, 0.2) is 0 Å². The minimum Gasteiger partial charge on any atom is -0.492 e. The summed E-state index contributed by atoms with van der Waals surface area (Å²) in [7, 11) is -6.70. The molecular formula is C16H24N2O5S2. The molecule has 2 aliphatic heterocycles. The Morgan fingerprint density at radius 2 is 1.68 bits per heavy atom. The van der Waals surface area contributed by atoms with Gasteiger partial charge in [0.1, 0.15) is 12.4 Å². The molecule has 140 valence electrons. The van der Waals surface area contributed by atoms with Crippen LogP contribution in [0, 0.1) is 0 Å². The number of ether oxygens (including phenoxy) is 1. The first-order chi connectivity index (χ1) is 11.7. The van der Waals surface area contributed by atoms with Crippen molar-refractivity contribution in [3.63, 3.8) is 0 Å². The molecule has 0 aromatic heterocycles. The smallest absolute Gasteiger partial charge is 0.215 e. The Labute approximate surface area is 149 Å². The molecule has 0 spiro atoms. The summed E-state index contributed by atoms with van der Waals surface area (Å²) in [5.74, 6) is 0.515. The van der Waals surface area contributed by atoms with E-state index in [0.717, 1.165) is 12.8 Å². The number of nitrogens with one attached hydrogen (secondary N) is 1. The fourth-order valence-corrected chi connectivity index (χ4v) is 6.46. The van der Waals surface area contributed by atoms with Gasteiger partial charge in [-0.2, -0.15) is 4.31 Å². The molecule has 9 heteroatoms. The van der Waals surface area contributed by atoms with E-state index in [0.29, 0.717) is 18.6 Å². The maximum Gasteiger partial charge on any atom is 0.215 e. The lowest BCUT2D eigenvalue weighted by atomic mass is 10.0. The van der Waals surface area contributed by atoms with Crippen molar-refractivity contribution in [2.24, 2.45) is 0 Å². The van der Waals surface area contributed by atoms with Crippen LogP contribution in [-0.4, -0.2) is 57.9 Å². The van der Waals surface area contributed by atoms with Gasteiger partial charge < -0.3 is 4.74 Å². The number of fused-ring (bicyclic) bond motifs is 2. The summed E-state index contributed by atoms with van der Waals surface area (Å²) in [6, 6.07) is 8.67. The van der Waals surface area contributed by atoms with Crippen molar-refractivity contribution in [3.8, 4) is 5.75 Å². The second kappa shape index (κ2) is 7.22. The average Bonchev–Trinajstić information content (AvgIpc) is 2.80. The SMILES string of the molecule is CS(=O)(=O)N1C2CCC1CC(NS(=O)(=O)CCOc1ccccc1)C2. The van der Waals surface area contributed by atoms with Gasteiger partial charge in [0.05, 0.1) is 12.0 Å². The second-order valence-electron chi connectivity index (χ2n) is 6.74. The summed E-state index contributed by atoms with van der Waals surface area (Å²) in [5, 5.41) is 0. The maximum absolute atomic E-state index is 12.3. The van der Waals surface area contributed by atoms with Crippen molar-refractivity contribution < 1.29 is 21.6 Å². The van der Waals surface area contributed by atoms with Crippen LogP contribution in [-0.2, 0) is 20.0 Å². The average molecular weight is 389 g/mol. The standard InChI is InChI=1S/C16H24N2O5S2/c1-24(19,20)18-14-7-8-15(18)12-13(11-14)17-25(21,22)10-9-23-16-5-3-2-4-6-16/h2-6,13-15,17H,7-12H2,1H3. The number of nitrogens with zero attached hydrogens (tertiary/aromatic N) is 1. The molecule has 2 saturated heterocycles. The van der Waals surface area contributed by atoms with Crippen molar-refractivity contribution >= 4 is 20.0 Å². The molecule has 2 fully saturated rings. The van der Waals surface area contributed by atoms with E-state index in [-0.39, 0.29) is 30.5 Å². The number of sulfonamides is 2. The first-order valence-electron chi connectivity index (χ1n) is 8.41. The van der Waals surface area contributed by atoms with Gasteiger partial charge in [0.2, 0.25) is 20.0 Å². The van der Waals surface area contributed by atoms with E-state index in [9.17, 15) is 16.8 Å². The highest BCUT2D eigenvalue weighted by atomic mass is 32.2. The molecule has 0 aliphatic carbocycles. The molecule has 0 saturated carbocycles. The molecule has 7 nitrogen and oxygen atoms in total. The molecule has 3 rings (SSSR count). The van der Waals surface area contributed by atoms with Crippen molar-refractivity contribution in [2.75, 3.05) is 18.6 Å². The van der Waals surface area contributed by atoms with Crippen LogP contribution in [0.2, 0.25) is 0 Å². The van der Waals surface area contributed by atoms with Crippen molar-refractivity contribution in [3.05, 3.63) is 30.3 Å². The van der Waals surface area contributed by atoms with Gasteiger partial charge in [-0.1, -0.05) is 18.2 Å². The van der Waals surface area contributed by atoms with Crippen molar-refractivity contribution in [1.82, 2.24) is 9.03 Å². The highest BCUT2D eigenvalue weighted by molar-refractivity contribution is 7.89. The molecule has 2 aliphatic rings. The second-order valence-corrected chi connectivity index (χ2v) is 10.5. The number of benzene rings is 1. The zero-order valence-electron chi connectivity index (χ0n) is 14.2. The molecule has 0 amide bonds. The monoisotopic (exact) mass is 388 g/mol. The van der Waals surface area contributed by atoms with Crippen LogP contribution in [0.25, 0.3) is 0 Å². The predicted octanol–water partition coefficient (Wildman–Crippen LogP) is 0.940. The van der Waals surface area contributed by atoms with Crippen LogP contribution < -0.4 is 9.46 Å². The summed E-state index contributed by atoms with van der Waals surface area (Å²) >= 11 is 0. The summed E-state index contributed by atoms with van der Waals surface area (Å²) in [6.45, 7) is 0.0778. The lowest BCUT2D eigenvalue weighted by Gasteiger charge is -2.37. The van der Waals surface area contributed by atoms with Gasteiger partial charge in [-0.3, -0.25) is 0 Å². The fraction of sp³-hybridized carbons (Fsp3) is 0.625. The zero-order chi connectivity index (χ0) is 18.1. The fourth-order valence-electron chi connectivity index (χ4n) is 3.87. The molecule has 2 unspecified atom stereocenters. The number of hydrogen-bond donors (Lipinski definition) is 1. The minimum atomic E-state index is -3.47. The molecule has 1 aromatic rings.